The molecule has 2 aliphatic rings. The van der Waals surface area contributed by atoms with Crippen LogP contribution in [-0.2, 0) is 12.6 Å². The molecule has 1 aliphatic heterocycles. The molecule has 5 rings (SSSR count). The lowest BCUT2D eigenvalue weighted by Crippen LogP contribution is -2.26. The lowest BCUT2D eigenvalue weighted by molar-refractivity contribution is 0.238. The number of aryl methyl sites for hydroxylation is 1. The summed E-state index contributed by atoms with van der Waals surface area (Å²) in [7, 11) is 1.69. The third-order valence-electron chi connectivity index (χ3n) is 6.09. The predicted molar refractivity (Wildman–Crippen MR) is 111 cm³/mol. The van der Waals surface area contributed by atoms with Gasteiger partial charge < -0.3 is 20.3 Å². The first-order chi connectivity index (χ1) is 14.0. The van der Waals surface area contributed by atoms with Crippen LogP contribution in [0.1, 0.15) is 25.0 Å². The number of nitrogens with zero attached hydrogens (tertiary/aromatic N) is 5. The Morgan fingerprint density at radius 3 is 2.79 bits per heavy atom. The smallest absolute Gasteiger partial charge is 0.264 e. The van der Waals surface area contributed by atoms with Gasteiger partial charge in [-0.25, -0.2) is 9.97 Å². The van der Waals surface area contributed by atoms with Gasteiger partial charge in [-0.2, -0.15) is 0 Å². The SMILES string of the molecule is Cn1cnc2cc(-c3ccc(C4(N)CC4)nc3)nc(N3CC[C@H](CO)C3)c2c1=O. The number of rotatable bonds is 4. The molecule has 29 heavy (non-hydrogen) atoms. The van der Waals surface area contributed by atoms with Gasteiger partial charge in [0.25, 0.3) is 5.56 Å². The Balaban J connectivity index is 1.63. The van der Waals surface area contributed by atoms with E-state index in [-0.39, 0.29) is 23.6 Å². The van der Waals surface area contributed by atoms with Crippen LogP contribution in [0.4, 0.5) is 5.82 Å². The molecule has 8 nitrogen and oxygen atoms in total. The Morgan fingerprint density at radius 1 is 1.31 bits per heavy atom. The first kappa shape index (κ1) is 18.2. The predicted octanol–water partition coefficient (Wildman–Crippen LogP) is 1.16. The summed E-state index contributed by atoms with van der Waals surface area (Å²) in [5, 5.41) is 10.0. The maximum absolute atomic E-state index is 12.8. The van der Waals surface area contributed by atoms with Gasteiger partial charge in [0.15, 0.2) is 0 Å². The number of hydrogen-bond donors (Lipinski definition) is 2. The molecule has 0 radical (unpaired) electrons. The Labute approximate surface area is 168 Å². The van der Waals surface area contributed by atoms with Crippen molar-refractivity contribution in [1.82, 2.24) is 19.5 Å². The summed E-state index contributed by atoms with van der Waals surface area (Å²) >= 11 is 0. The van der Waals surface area contributed by atoms with Crippen molar-refractivity contribution in [2.75, 3.05) is 24.6 Å². The highest BCUT2D eigenvalue weighted by Crippen LogP contribution is 2.41. The van der Waals surface area contributed by atoms with E-state index >= 15 is 0 Å². The van der Waals surface area contributed by atoms with Gasteiger partial charge in [-0.05, 0) is 37.5 Å². The maximum atomic E-state index is 12.8. The van der Waals surface area contributed by atoms with E-state index in [0.717, 1.165) is 42.8 Å². The van der Waals surface area contributed by atoms with Gasteiger partial charge in [-0.15, -0.1) is 0 Å². The number of aromatic nitrogens is 4. The number of aliphatic hydroxyl groups excluding tert-OH is 1. The minimum absolute atomic E-state index is 0.122. The molecule has 1 atom stereocenters. The van der Waals surface area contributed by atoms with Crippen molar-refractivity contribution in [2.45, 2.75) is 24.8 Å². The summed E-state index contributed by atoms with van der Waals surface area (Å²) in [6.45, 7) is 1.56. The molecule has 0 spiro atoms. The Hall–Kier alpha value is -2.84. The van der Waals surface area contributed by atoms with Crippen LogP contribution in [0.2, 0.25) is 0 Å². The summed E-state index contributed by atoms with van der Waals surface area (Å²) in [6.07, 6.45) is 6.13. The zero-order valence-corrected chi connectivity index (χ0v) is 16.4. The number of anilines is 1. The lowest BCUT2D eigenvalue weighted by atomic mass is 10.1. The molecule has 3 aromatic heterocycles. The zero-order valence-electron chi connectivity index (χ0n) is 16.4. The summed E-state index contributed by atoms with van der Waals surface area (Å²) in [5.74, 6) is 0.819. The third-order valence-corrected chi connectivity index (χ3v) is 6.09. The van der Waals surface area contributed by atoms with Crippen LogP contribution in [-0.4, -0.2) is 44.3 Å². The maximum Gasteiger partial charge on any atom is 0.264 e. The average molecular weight is 392 g/mol. The molecule has 1 saturated carbocycles. The summed E-state index contributed by atoms with van der Waals surface area (Å²) in [4.78, 5) is 28.8. The van der Waals surface area contributed by atoms with Crippen molar-refractivity contribution >= 4 is 16.7 Å². The minimum atomic E-state index is -0.275. The zero-order chi connectivity index (χ0) is 20.2. The molecular formula is C21H24N6O2. The van der Waals surface area contributed by atoms with E-state index in [4.69, 9.17) is 10.7 Å². The van der Waals surface area contributed by atoms with Crippen molar-refractivity contribution < 1.29 is 5.11 Å². The number of hydrogen-bond acceptors (Lipinski definition) is 7. The molecule has 0 bridgehead atoms. The van der Waals surface area contributed by atoms with Crippen LogP contribution >= 0.6 is 0 Å². The molecule has 150 valence electrons. The van der Waals surface area contributed by atoms with E-state index in [1.807, 2.05) is 18.2 Å². The third kappa shape index (κ3) is 3.08. The van der Waals surface area contributed by atoms with E-state index < -0.39 is 0 Å². The van der Waals surface area contributed by atoms with Crippen LogP contribution < -0.4 is 16.2 Å². The van der Waals surface area contributed by atoms with Crippen molar-refractivity contribution in [3.05, 3.63) is 46.8 Å². The van der Waals surface area contributed by atoms with Gasteiger partial charge in [0.05, 0.1) is 28.8 Å². The van der Waals surface area contributed by atoms with E-state index in [0.29, 0.717) is 23.3 Å². The second-order valence-electron chi connectivity index (χ2n) is 8.26. The van der Waals surface area contributed by atoms with E-state index in [1.54, 1.807) is 13.2 Å². The van der Waals surface area contributed by atoms with Crippen LogP contribution in [0.3, 0.4) is 0 Å². The Kier molecular flexibility index (Phi) is 4.15. The quantitative estimate of drug-likeness (QED) is 0.685. The fourth-order valence-corrected chi connectivity index (χ4v) is 3.98. The van der Waals surface area contributed by atoms with Crippen molar-refractivity contribution in [3.8, 4) is 11.3 Å². The number of pyridine rings is 2. The molecule has 4 heterocycles. The molecule has 8 heteroatoms. The Morgan fingerprint density at radius 2 is 2.14 bits per heavy atom. The topological polar surface area (TPSA) is 110 Å². The van der Waals surface area contributed by atoms with Gasteiger partial charge in [0.1, 0.15) is 11.2 Å². The molecule has 1 saturated heterocycles. The minimum Gasteiger partial charge on any atom is -0.396 e. The number of nitrogens with two attached hydrogens (primary N) is 1. The van der Waals surface area contributed by atoms with Gasteiger partial charge in [-0.3, -0.25) is 9.78 Å². The highest BCUT2D eigenvalue weighted by Gasteiger charge is 2.41. The highest BCUT2D eigenvalue weighted by molar-refractivity contribution is 5.91. The van der Waals surface area contributed by atoms with Crippen LogP contribution in [0.15, 0.2) is 35.5 Å². The first-order valence-electron chi connectivity index (χ1n) is 9.96. The first-order valence-corrected chi connectivity index (χ1v) is 9.96. The van der Waals surface area contributed by atoms with E-state index in [2.05, 4.69) is 14.9 Å². The second kappa shape index (κ2) is 6.60. The van der Waals surface area contributed by atoms with Gasteiger partial charge in [-0.1, -0.05) is 0 Å². The summed E-state index contributed by atoms with van der Waals surface area (Å²) in [6, 6.07) is 5.78. The van der Waals surface area contributed by atoms with E-state index in [9.17, 15) is 9.90 Å². The molecule has 3 aromatic rings. The second-order valence-corrected chi connectivity index (χ2v) is 8.26. The fraction of sp³-hybridized carbons (Fsp3) is 0.429. The molecule has 3 N–H and O–H groups in total. The van der Waals surface area contributed by atoms with Crippen molar-refractivity contribution in [3.63, 3.8) is 0 Å². The fourth-order valence-electron chi connectivity index (χ4n) is 3.98. The average Bonchev–Trinajstić information content (AvgIpc) is 3.31. The van der Waals surface area contributed by atoms with Crippen molar-refractivity contribution in [1.29, 1.82) is 0 Å². The Bertz CT molecular complexity index is 1140. The lowest BCUT2D eigenvalue weighted by Gasteiger charge is -2.20. The van der Waals surface area contributed by atoms with Gasteiger partial charge in [0, 0.05) is 44.4 Å². The molecule has 0 amide bonds. The standard InChI is InChI=1S/C21H24N6O2/c1-26-12-24-16-8-15(14-2-3-17(23-9-14)21(22)5-6-21)25-19(18(16)20(26)29)27-7-4-13(10-27)11-28/h2-3,8-9,12-13,28H,4-7,10-11,22H2,1H3/t13-/m0/s1. The molecular weight excluding hydrogens is 368 g/mol. The van der Waals surface area contributed by atoms with Crippen molar-refractivity contribution in [2.24, 2.45) is 18.7 Å². The molecule has 1 aliphatic carbocycles. The molecule has 0 unspecified atom stereocenters. The monoisotopic (exact) mass is 392 g/mol. The largest absolute Gasteiger partial charge is 0.396 e. The van der Waals surface area contributed by atoms with Crippen LogP contribution in [0.5, 0.6) is 0 Å². The number of fused-ring (bicyclic) bond motifs is 1. The van der Waals surface area contributed by atoms with Crippen LogP contribution in [0, 0.1) is 5.92 Å². The van der Waals surface area contributed by atoms with Crippen LogP contribution in [0.25, 0.3) is 22.2 Å². The normalized spacial score (nSPS) is 20.4. The highest BCUT2D eigenvalue weighted by atomic mass is 16.3. The van der Waals surface area contributed by atoms with Gasteiger partial charge in [0.2, 0.25) is 0 Å². The molecule has 2 fully saturated rings. The van der Waals surface area contributed by atoms with E-state index in [1.165, 1.54) is 10.9 Å². The van der Waals surface area contributed by atoms with Gasteiger partial charge >= 0.3 is 0 Å². The number of aliphatic hydroxyl groups is 1. The molecule has 0 aromatic carbocycles. The summed E-state index contributed by atoms with van der Waals surface area (Å²) < 4.78 is 1.47. The summed E-state index contributed by atoms with van der Waals surface area (Å²) in [5.41, 5.74) is 8.95.